The fourth-order valence-corrected chi connectivity index (χ4v) is 3.54. The number of amides is 1. The average molecular weight is 399 g/mol. The van der Waals surface area contributed by atoms with Crippen LogP contribution in [0.5, 0.6) is 5.75 Å². The summed E-state index contributed by atoms with van der Waals surface area (Å²) in [5, 5.41) is 13.4. The van der Waals surface area contributed by atoms with E-state index in [1.165, 1.54) is 0 Å². The highest BCUT2D eigenvalue weighted by Crippen LogP contribution is 2.14. The maximum absolute atomic E-state index is 12.3. The summed E-state index contributed by atoms with van der Waals surface area (Å²) >= 11 is 0. The third-order valence-electron chi connectivity index (χ3n) is 5.14. The number of nitrogens with zero attached hydrogens (tertiary/aromatic N) is 1. The second-order valence-corrected chi connectivity index (χ2v) is 7.43. The van der Waals surface area contributed by atoms with Gasteiger partial charge in [-0.1, -0.05) is 30.3 Å². The van der Waals surface area contributed by atoms with Crippen LogP contribution in [0.25, 0.3) is 0 Å². The van der Waals surface area contributed by atoms with Crippen molar-refractivity contribution in [3.63, 3.8) is 0 Å². The molecule has 0 radical (unpaired) electrons. The molecule has 3 rings (SSSR count). The number of likely N-dealkylation sites (tertiary alicyclic amines) is 1. The van der Waals surface area contributed by atoms with Crippen molar-refractivity contribution in [2.24, 2.45) is 0 Å². The maximum atomic E-state index is 12.3. The molecule has 1 aliphatic rings. The van der Waals surface area contributed by atoms with Crippen LogP contribution < -0.4 is 10.1 Å². The van der Waals surface area contributed by atoms with Crippen LogP contribution in [0.2, 0.25) is 0 Å². The third kappa shape index (κ3) is 6.85. The molecule has 1 fully saturated rings. The van der Waals surface area contributed by atoms with Crippen LogP contribution in [-0.2, 0) is 11.3 Å². The van der Waals surface area contributed by atoms with E-state index in [0.29, 0.717) is 25.3 Å². The topological polar surface area (TPSA) is 71.0 Å². The van der Waals surface area contributed by atoms with E-state index < -0.39 is 6.10 Å². The molecule has 1 unspecified atom stereocenters. The van der Waals surface area contributed by atoms with Crippen LogP contribution in [0.3, 0.4) is 0 Å². The number of hydrogen-bond donors (Lipinski definition) is 2. The molecule has 1 saturated heterocycles. The van der Waals surface area contributed by atoms with Crippen LogP contribution in [0.15, 0.2) is 54.6 Å². The Labute approximate surface area is 172 Å². The van der Waals surface area contributed by atoms with Gasteiger partial charge in [0.1, 0.15) is 5.75 Å². The Morgan fingerprint density at radius 3 is 2.66 bits per heavy atom. The number of benzene rings is 2. The molecular weight excluding hydrogens is 368 g/mol. The predicted molar refractivity (Wildman–Crippen MR) is 112 cm³/mol. The van der Waals surface area contributed by atoms with E-state index in [1.807, 2.05) is 54.6 Å². The molecule has 6 heteroatoms. The minimum Gasteiger partial charge on any atom is -0.497 e. The van der Waals surface area contributed by atoms with E-state index in [2.05, 4.69) is 10.2 Å². The lowest BCUT2D eigenvalue weighted by Gasteiger charge is -2.33. The molecule has 2 aromatic carbocycles. The molecule has 6 nitrogen and oxygen atoms in total. The summed E-state index contributed by atoms with van der Waals surface area (Å²) in [6.07, 6.45) is 1.24. The van der Waals surface area contributed by atoms with Crippen LogP contribution >= 0.6 is 0 Å². The Balaban J connectivity index is 1.33. The SMILES string of the molecule is COc1cccc(COCC(O)CN2CCC(NC(=O)c3ccccc3)CC2)c1. The number of aliphatic hydroxyl groups excluding tert-OH is 1. The van der Waals surface area contributed by atoms with E-state index in [0.717, 1.165) is 37.2 Å². The minimum absolute atomic E-state index is 0.0185. The fraction of sp³-hybridized carbons (Fsp3) is 0.435. The standard InChI is InChI=1S/C23H30N2O4/c1-28-22-9-5-6-18(14-22)16-29-17-21(26)15-25-12-10-20(11-13-25)24-23(27)19-7-3-2-4-8-19/h2-9,14,20-21,26H,10-13,15-17H2,1H3,(H,24,27). The van der Waals surface area contributed by atoms with Gasteiger partial charge in [0.25, 0.3) is 5.91 Å². The van der Waals surface area contributed by atoms with E-state index in [9.17, 15) is 9.90 Å². The van der Waals surface area contributed by atoms with Crippen LogP contribution in [-0.4, -0.2) is 61.4 Å². The zero-order chi connectivity index (χ0) is 20.5. The average Bonchev–Trinajstić information content (AvgIpc) is 2.76. The summed E-state index contributed by atoms with van der Waals surface area (Å²) in [4.78, 5) is 14.5. The van der Waals surface area contributed by atoms with Crippen molar-refractivity contribution in [3.8, 4) is 5.75 Å². The first-order valence-electron chi connectivity index (χ1n) is 10.1. The Hall–Kier alpha value is -2.41. The summed E-state index contributed by atoms with van der Waals surface area (Å²) in [5.74, 6) is 0.781. The van der Waals surface area contributed by atoms with Gasteiger partial charge in [-0.15, -0.1) is 0 Å². The highest BCUT2D eigenvalue weighted by molar-refractivity contribution is 5.94. The zero-order valence-corrected chi connectivity index (χ0v) is 16.9. The Morgan fingerprint density at radius 1 is 1.17 bits per heavy atom. The highest BCUT2D eigenvalue weighted by Gasteiger charge is 2.22. The van der Waals surface area contributed by atoms with Crippen molar-refractivity contribution >= 4 is 5.91 Å². The number of rotatable bonds is 9. The molecule has 0 spiro atoms. The molecule has 0 bridgehead atoms. The number of carbonyl (C=O) groups excluding carboxylic acids is 1. The zero-order valence-electron chi connectivity index (χ0n) is 16.9. The number of β-amino-alcohol motifs (C(OH)–C–C–N with tert-alkyl or cyclic N) is 1. The van der Waals surface area contributed by atoms with Gasteiger partial charge in [0, 0.05) is 31.2 Å². The predicted octanol–water partition coefficient (Wildman–Crippen LogP) is 2.47. The first kappa shape index (κ1) is 21.3. The first-order valence-corrected chi connectivity index (χ1v) is 10.1. The van der Waals surface area contributed by atoms with E-state index in [-0.39, 0.29) is 11.9 Å². The molecule has 0 aromatic heterocycles. The van der Waals surface area contributed by atoms with Crippen molar-refractivity contribution in [3.05, 3.63) is 65.7 Å². The van der Waals surface area contributed by atoms with Crippen molar-refractivity contribution in [1.82, 2.24) is 10.2 Å². The van der Waals surface area contributed by atoms with Gasteiger partial charge in [-0.05, 0) is 42.7 Å². The lowest BCUT2D eigenvalue weighted by Crippen LogP contribution is -2.47. The van der Waals surface area contributed by atoms with Crippen molar-refractivity contribution < 1.29 is 19.4 Å². The highest BCUT2D eigenvalue weighted by atomic mass is 16.5. The summed E-state index contributed by atoms with van der Waals surface area (Å²) < 4.78 is 10.9. The van der Waals surface area contributed by atoms with Crippen LogP contribution in [0, 0.1) is 0 Å². The number of piperidine rings is 1. The molecule has 29 heavy (non-hydrogen) atoms. The van der Waals surface area contributed by atoms with Gasteiger partial charge >= 0.3 is 0 Å². The van der Waals surface area contributed by atoms with Gasteiger partial charge in [0.2, 0.25) is 0 Å². The van der Waals surface area contributed by atoms with Crippen LogP contribution in [0.4, 0.5) is 0 Å². The number of methoxy groups -OCH3 is 1. The number of ether oxygens (including phenoxy) is 2. The van der Waals surface area contributed by atoms with Gasteiger partial charge < -0.3 is 24.8 Å². The second kappa shape index (κ2) is 11.0. The molecule has 1 atom stereocenters. The molecule has 2 aromatic rings. The lowest BCUT2D eigenvalue weighted by molar-refractivity contribution is 0.00567. The van der Waals surface area contributed by atoms with Gasteiger partial charge in [-0.2, -0.15) is 0 Å². The van der Waals surface area contributed by atoms with Gasteiger partial charge in [0.15, 0.2) is 0 Å². The number of nitrogens with one attached hydrogen (secondary N) is 1. The van der Waals surface area contributed by atoms with Crippen molar-refractivity contribution in [1.29, 1.82) is 0 Å². The number of hydrogen-bond acceptors (Lipinski definition) is 5. The summed E-state index contributed by atoms with van der Waals surface area (Å²) in [6, 6.07) is 17.2. The molecule has 0 aliphatic carbocycles. The largest absolute Gasteiger partial charge is 0.497 e. The maximum Gasteiger partial charge on any atom is 0.251 e. The quantitative estimate of drug-likeness (QED) is 0.679. The molecule has 0 saturated carbocycles. The molecular formula is C23H30N2O4. The summed E-state index contributed by atoms with van der Waals surface area (Å²) in [6.45, 7) is 3.03. The summed E-state index contributed by atoms with van der Waals surface area (Å²) in [7, 11) is 1.64. The molecule has 1 heterocycles. The molecule has 1 aliphatic heterocycles. The smallest absolute Gasteiger partial charge is 0.251 e. The Morgan fingerprint density at radius 2 is 1.93 bits per heavy atom. The van der Waals surface area contributed by atoms with Crippen molar-refractivity contribution in [2.45, 2.75) is 31.6 Å². The lowest BCUT2D eigenvalue weighted by atomic mass is 10.0. The first-order chi connectivity index (χ1) is 14.1. The minimum atomic E-state index is -0.531. The number of aliphatic hydroxyl groups is 1. The van der Waals surface area contributed by atoms with Gasteiger partial charge in [-0.25, -0.2) is 0 Å². The fourth-order valence-electron chi connectivity index (χ4n) is 3.54. The van der Waals surface area contributed by atoms with Gasteiger partial charge in [-0.3, -0.25) is 4.79 Å². The second-order valence-electron chi connectivity index (χ2n) is 7.43. The van der Waals surface area contributed by atoms with Gasteiger partial charge in [0.05, 0.1) is 26.4 Å². The monoisotopic (exact) mass is 398 g/mol. The number of carbonyl (C=O) groups is 1. The van der Waals surface area contributed by atoms with Crippen LogP contribution in [0.1, 0.15) is 28.8 Å². The normalized spacial score (nSPS) is 16.3. The third-order valence-corrected chi connectivity index (χ3v) is 5.14. The molecule has 2 N–H and O–H groups in total. The Bertz CT molecular complexity index is 760. The Kier molecular flexibility index (Phi) is 8.04. The van der Waals surface area contributed by atoms with E-state index in [4.69, 9.17) is 9.47 Å². The summed E-state index contributed by atoms with van der Waals surface area (Å²) in [5.41, 5.74) is 1.71. The van der Waals surface area contributed by atoms with E-state index in [1.54, 1.807) is 7.11 Å². The molecule has 1 amide bonds. The molecule has 156 valence electrons. The van der Waals surface area contributed by atoms with E-state index >= 15 is 0 Å². The van der Waals surface area contributed by atoms with Crippen molar-refractivity contribution in [2.75, 3.05) is 33.4 Å².